The molecule has 0 saturated heterocycles. The van der Waals surface area contributed by atoms with E-state index < -0.39 is 11.7 Å². The smallest absolute Gasteiger partial charge is 0.259 e. The summed E-state index contributed by atoms with van der Waals surface area (Å²) >= 11 is 3.04. The molecule has 0 aliphatic rings. The molecule has 3 N–H and O–H groups in total. The maximum Gasteiger partial charge on any atom is 0.259 e. The van der Waals surface area contributed by atoms with E-state index in [2.05, 4.69) is 26.2 Å². The number of rotatable bonds is 2. The number of anilines is 2. The molecule has 0 atom stereocenters. The van der Waals surface area contributed by atoms with Crippen LogP contribution >= 0.6 is 15.9 Å². The second-order valence-corrected chi connectivity index (χ2v) is 4.85. The average Bonchev–Trinajstić information content (AvgIpc) is 2.33. The number of carbonyl (C=O) groups is 1. The molecule has 1 amide bonds. The molecule has 2 aromatic rings. The van der Waals surface area contributed by atoms with Crippen molar-refractivity contribution in [2.75, 3.05) is 11.1 Å². The summed E-state index contributed by atoms with van der Waals surface area (Å²) in [4.78, 5) is 16.0. The molecule has 0 aliphatic heterocycles. The van der Waals surface area contributed by atoms with Crippen LogP contribution in [-0.4, -0.2) is 10.9 Å². The van der Waals surface area contributed by atoms with E-state index in [1.807, 2.05) is 0 Å². The molecule has 6 heteroatoms. The molecule has 0 fully saturated rings. The Labute approximate surface area is 118 Å². The fourth-order valence-corrected chi connectivity index (χ4v) is 1.79. The zero-order chi connectivity index (χ0) is 14.0. The molecule has 2 rings (SSSR count). The van der Waals surface area contributed by atoms with Gasteiger partial charge in [0, 0.05) is 23.3 Å². The Morgan fingerprint density at radius 3 is 2.79 bits per heavy atom. The Hall–Kier alpha value is -1.95. The van der Waals surface area contributed by atoms with Crippen molar-refractivity contribution in [1.29, 1.82) is 0 Å². The predicted molar refractivity (Wildman–Crippen MR) is 75.4 cm³/mol. The number of pyridine rings is 1. The lowest BCUT2D eigenvalue weighted by atomic mass is 10.2. The van der Waals surface area contributed by atoms with E-state index in [0.717, 1.165) is 5.69 Å². The van der Waals surface area contributed by atoms with Crippen molar-refractivity contribution < 1.29 is 9.18 Å². The number of nitrogens with one attached hydrogen (secondary N) is 1. The molecule has 0 unspecified atom stereocenters. The van der Waals surface area contributed by atoms with E-state index in [-0.39, 0.29) is 5.56 Å². The first-order valence-electron chi connectivity index (χ1n) is 5.46. The number of aryl methyl sites for hydroxylation is 1. The van der Waals surface area contributed by atoms with Gasteiger partial charge in [-0.3, -0.25) is 9.78 Å². The van der Waals surface area contributed by atoms with E-state index in [1.165, 1.54) is 18.3 Å². The van der Waals surface area contributed by atoms with E-state index in [1.54, 1.807) is 19.1 Å². The lowest BCUT2D eigenvalue weighted by molar-refractivity contribution is 0.102. The van der Waals surface area contributed by atoms with Crippen LogP contribution in [0.1, 0.15) is 16.1 Å². The Kier molecular flexibility index (Phi) is 3.80. The van der Waals surface area contributed by atoms with Crippen LogP contribution < -0.4 is 11.1 Å². The van der Waals surface area contributed by atoms with E-state index in [0.29, 0.717) is 15.8 Å². The summed E-state index contributed by atoms with van der Waals surface area (Å²) in [6.07, 6.45) is 1.40. The number of nitrogens with two attached hydrogens (primary N) is 1. The van der Waals surface area contributed by atoms with Gasteiger partial charge >= 0.3 is 0 Å². The third-order valence-electron chi connectivity index (χ3n) is 2.49. The first-order chi connectivity index (χ1) is 8.97. The summed E-state index contributed by atoms with van der Waals surface area (Å²) in [6, 6.07) is 5.93. The van der Waals surface area contributed by atoms with Gasteiger partial charge in [0.05, 0.1) is 10.0 Å². The first kappa shape index (κ1) is 13.5. The van der Waals surface area contributed by atoms with E-state index >= 15 is 0 Å². The molecule has 1 heterocycles. The first-order valence-corrected chi connectivity index (χ1v) is 6.25. The van der Waals surface area contributed by atoms with Gasteiger partial charge < -0.3 is 11.1 Å². The van der Waals surface area contributed by atoms with Crippen molar-refractivity contribution in [2.24, 2.45) is 0 Å². The van der Waals surface area contributed by atoms with Crippen LogP contribution in [0.2, 0.25) is 0 Å². The second-order valence-electron chi connectivity index (χ2n) is 4.00. The maximum atomic E-state index is 13.3. The number of aromatic nitrogens is 1. The second kappa shape index (κ2) is 5.36. The van der Waals surface area contributed by atoms with Crippen molar-refractivity contribution in [3.63, 3.8) is 0 Å². The summed E-state index contributed by atoms with van der Waals surface area (Å²) in [5.74, 6) is -0.875. The third-order valence-corrected chi connectivity index (χ3v) is 3.14. The highest BCUT2D eigenvalue weighted by atomic mass is 79.9. The Morgan fingerprint density at radius 1 is 1.42 bits per heavy atom. The molecule has 0 saturated carbocycles. The normalized spacial score (nSPS) is 10.3. The van der Waals surface area contributed by atoms with Crippen LogP contribution in [0.3, 0.4) is 0 Å². The van der Waals surface area contributed by atoms with Gasteiger partial charge in [-0.05, 0) is 47.1 Å². The van der Waals surface area contributed by atoms with Gasteiger partial charge in [-0.25, -0.2) is 4.39 Å². The summed E-state index contributed by atoms with van der Waals surface area (Å²) in [7, 11) is 0. The van der Waals surface area contributed by atoms with Crippen molar-refractivity contribution in [3.05, 3.63) is 52.0 Å². The van der Waals surface area contributed by atoms with Gasteiger partial charge in [0.25, 0.3) is 5.91 Å². The Balaban J connectivity index is 2.23. The summed E-state index contributed by atoms with van der Waals surface area (Å²) in [5, 5.41) is 2.57. The minimum atomic E-state index is -0.451. The van der Waals surface area contributed by atoms with E-state index in [9.17, 15) is 9.18 Å². The molecular weight excluding hydrogens is 313 g/mol. The van der Waals surface area contributed by atoms with Crippen molar-refractivity contribution in [1.82, 2.24) is 4.98 Å². The quantitative estimate of drug-likeness (QED) is 0.892. The average molecular weight is 324 g/mol. The van der Waals surface area contributed by atoms with Crippen LogP contribution in [0.15, 0.2) is 34.9 Å². The molecule has 1 aromatic carbocycles. The Bertz CT molecular complexity index is 646. The number of amides is 1. The monoisotopic (exact) mass is 323 g/mol. The number of nitrogen functional groups attached to an aromatic ring is 1. The van der Waals surface area contributed by atoms with Gasteiger partial charge in [0.15, 0.2) is 0 Å². The number of halogens is 2. The fraction of sp³-hybridized carbons (Fsp3) is 0.0769. The third kappa shape index (κ3) is 3.08. The maximum absolute atomic E-state index is 13.3. The molecule has 19 heavy (non-hydrogen) atoms. The van der Waals surface area contributed by atoms with Crippen molar-refractivity contribution in [2.45, 2.75) is 6.92 Å². The zero-order valence-corrected chi connectivity index (χ0v) is 11.7. The molecule has 4 nitrogen and oxygen atoms in total. The highest BCUT2D eigenvalue weighted by Crippen LogP contribution is 2.20. The zero-order valence-electron chi connectivity index (χ0n) is 10.1. The van der Waals surface area contributed by atoms with Gasteiger partial charge in [-0.2, -0.15) is 0 Å². The van der Waals surface area contributed by atoms with Gasteiger partial charge in [0.2, 0.25) is 0 Å². The van der Waals surface area contributed by atoms with Gasteiger partial charge in [-0.1, -0.05) is 0 Å². The van der Waals surface area contributed by atoms with Crippen molar-refractivity contribution in [3.8, 4) is 0 Å². The number of carbonyl (C=O) groups excluding carboxylic acids is 1. The van der Waals surface area contributed by atoms with Crippen molar-refractivity contribution >= 4 is 33.2 Å². The summed E-state index contributed by atoms with van der Waals surface area (Å²) in [6.45, 7) is 1.78. The number of benzene rings is 1. The molecule has 0 aliphatic carbocycles. The lowest BCUT2D eigenvalue weighted by Crippen LogP contribution is -2.14. The van der Waals surface area contributed by atoms with Crippen LogP contribution in [-0.2, 0) is 0 Å². The summed E-state index contributed by atoms with van der Waals surface area (Å²) in [5.41, 5.74) is 7.42. The number of nitrogens with zero attached hydrogens (tertiary/aromatic N) is 1. The number of hydrogen-bond donors (Lipinski definition) is 2. The van der Waals surface area contributed by atoms with Crippen LogP contribution in [0, 0.1) is 12.7 Å². The predicted octanol–water partition coefficient (Wildman–Crippen LogP) is 3.13. The van der Waals surface area contributed by atoms with Gasteiger partial charge in [0.1, 0.15) is 5.82 Å². The van der Waals surface area contributed by atoms with E-state index in [4.69, 9.17) is 5.73 Å². The minimum Gasteiger partial charge on any atom is -0.398 e. The molecule has 1 aromatic heterocycles. The standard InChI is InChI=1S/C13H11BrFN3O/c1-7-4-12(16)9(6-17-7)13(19)18-8-2-3-10(14)11(15)5-8/h2-6H,1H3,(H2,16,17)(H,18,19). The molecule has 0 spiro atoms. The number of hydrogen-bond acceptors (Lipinski definition) is 3. The topological polar surface area (TPSA) is 68.0 Å². The SMILES string of the molecule is Cc1cc(N)c(C(=O)Nc2ccc(Br)c(F)c2)cn1. The fourth-order valence-electron chi connectivity index (χ4n) is 1.54. The molecule has 98 valence electrons. The van der Waals surface area contributed by atoms with Crippen LogP contribution in [0.5, 0.6) is 0 Å². The molecule has 0 radical (unpaired) electrons. The van der Waals surface area contributed by atoms with Crippen LogP contribution in [0.4, 0.5) is 15.8 Å². The Morgan fingerprint density at radius 2 is 2.16 bits per heavy atom. The molecule has 0 bridgehead atoms. The largest absolute Gasteiger partial charge is 0.398 e. The summed E-state index contributed by atoms with van der Waals surface area (Å²) < 4.78 is 13.7. The highest BCUT2D eigenvalue weighted by molar-refractivity contribution is 9.10. The lowest BCUT2D eigenvalue weighted by Gasteiger charge is -2.08. The van der Waals surface area contributed by atoms with Gasteiger partial charge in [-0.15, -0.1) is 0 Å². The van der Waals surface area contributed by atoms with Crippen LogP contribution in [0.25, 0.3) is 0 Å². The molecular formula is C13H11BrFN3O. The highest BCUT2D eigenvalue weighted by Gasteiger charge is 2.11. The minimum absolute atomic E-state index is 0.258.